The number of benzene rings is 12. The molecule has 63 heavy (non-hydrogen) atoms. The van der Waals surface area contributed by atoms with Crippen molar-refractivity contribution in [3.8, 4) is 55.6 Å². The Bertz CT molecular complexity index is 3820. The second kappa shape index (κ2) is 13.6. The van der Waals surface area contributed by atoms with E-state index in [4.69, 9.17) is 0 Å². The van der Waals surface area contributed by atoms with E-state index in [-0.39, 0.29) is 5.41 Å². The highest BCUT2D eigenvalue weighted by atomic mass is 14.4. The third-order valence-electron chi connectivity index (χ3n) is 14.2. The van der Waals surface area contributed by atoms with E-state index in [9.17, 15) is 0 Å². The SMILES string of the molecule is CC1(C)c2c(-c3cccc(-c4c5ccccc5c(-c5ccccc5-c5cc6ccccc6c6ccccc56)c5ccccc45)c3)cccc2-c2c1c1ccccc1c1ccccc21. The van der Waals surface area contributed by atoms with Crippen molar-refractivity contribution in [2.75, 3.05) is 0 Å². The fourth-order valence-corrected chi connectivity index (χ4v) is 11.7. The van der Waals surface area contributed by atoms with Crippen LogP contribution in [0.15, 0.2) is 218 Å². The van der Waals surface area contributed by atoms with Gasteiger partial charge in [0, 0.05) is 5.41 Å². The van der Waals surface area contributed by atoms with Crippen LogP contribution in [0, 0.1) is 0 Å². The average Bonchev–Trinajstić information content (AvgIpc) is 3.59. The lowest BCUT2D eigenvalue weighted by Crippen LogP contribution is -2.17. The van der Waals surface area contributed by atoms with Gasteiger partial charge in [0.05, 0.1) is 0 Å². The molecule has 294 valence electrons. The molecule has 0 amide bonds. The fraction of sp³-hybridized carbons (Fsp3) is 0.0476. The summed E-state index contributed by atoms with van der Waals surface area (Å²) in [7, 11) is 0. The molecule has 0 saturated carbocycles. The van der Waals surface area contributed by atoms with Gasteiger partial charge in [0.1, 0.15) is 0 Å². The van der Waals surface area contributed by atoms with Crippen molar-refractivity contribution in [1.82, 2.24) is 0 Å². The quantitative estimate of drug-likeness (QED) is 0.123. The molecule has 0 spiro atoms. The summed E-state index contributed by atoms with van der Waals surface area (Å²) in [6.45, 7) is 4.87. The average molecular weight is 799 g/mol. The first-order chi connectivity index (χ1) is 31.1. The number of hydrogen-bond acceptors (Lipinski definition) is 0. The number of fused-ring (bicyclic) bond motifs is 13. The van der Waals surface area contributed by atoms with Crippen LogP contribution in [0.2, 0.25) is 0 Å². The summed E-state index contributed by atoms with van der Waals surface area (Å²) in [5.74, 6) is 0. The first-order valence-corrected chi connectivity index (χ1v) is 22.2. The zero-order valence-corrected chi connectivity index (χ0v) is 35.3. The van der Waals surface area contributed by atoms with Gasteiger partial charge in [0.2, 0.25) is 0 Å². The molecule has 0 bridgehead atoms. The van der Waals surface area contributed by atoms with Crippen molar-refractivity contribution in [1.29, 1.82) is 0 Å². The van der Waals surface area contributed by atoms with Gasteiger partial charge in [-0.3, -0.25) is 0 Å². The summed E-state index contributed by atoms with van der Waals surface area (Å²) < 4.78 is 0. The van der Waals surface area contributed by atoms with Crippen LogP contribution in [0.5, 0.6) is 0 Å². The molecular weight excluding hydrogens is 757 g/mol. The normalized spacial score (nSPS) is 13.0. The highest BCUT2D eigenvalue weighted by Crippen LogP contribution is 2.57. The monoisotopic (exact) mass is 798 g/mol. The van der Waals surface area contributed by atoms with Crippen molar-refractivity contribution in [3.63, 3.8) is 0 Å². The van der Waals surface area contributed by atoms with Crippen molar-refractivity contribution in [2.45, 2.75) is 19.3 Å². The second-order valence-corrected chi connectivity index (χ2v) is 17.9. The van der Waals surface area contributed by atoms with E-state index < -0.39 is 0 Å². The minimum atomic E-state index is -0.217. The Morgan fingerprint density at radius 1 is 0.238 bits per heavy atom. The van der Waals surface area contributed by atoms with Crippen LogP contribution in [0.25, 0.3) is 120 Å². The van der Waals surface area contributed by atoms with Crippen LogP contribution in [0.3, 0.4) is 0 Å². The third kappa shape index (κ3) is 5.16. The Kier molecular flexibility index (Phi) is 7.75. The van der Waals surface area contributed by atoms with E-state index in [2.05, 4.69) is 232 Å². The van der Waals surface area contributed by atoms with E-state index in [1.807, 2.05) is 0 Å². The van der Waals surface area contributed by atoms with Crippen molar-refractivity contribution < 1.29 is 0 Å². The van der Waals surface area contributed by atoms with E-state index in [1.54, 1.807) is 0 Å². The molecule has 0 heterocycles. The summed E-state index contributed by atoms with van der Waals surface area (Å²) >= 11 is 0. The molecule has 0 heteroatoms. The Morgan fingerprint density at radius 3 is 1.33 bits per heavy atom. The standard InChI is InChI=1S/C63H42/c1-63(2)61-43(35-18-36-56(61)60-50-29-11-7-24-45(50)46-25-9-16-34-55(46)62(60)63)39-20-17-21-41(37-39)58-51-30-12-14-32-53(51)59(54-33-15-13-31-52(54)58)49-28-10-8-27-48(49)57-38-40-19-3-4-22-42(40)44-23-5-6-26-47(44)57/h3-38H,1-2H3. The Morgan fingerprint density at radius 2 is 0.667 bits per heavy atom. The van der Waals surface area contributed by atoms with Crippen molar-refractivity contribution >= 4 is 64.6 Å². The van der Waals surface area contributed by atoms with E-state index in [1.165, 1.54) is 131 Å². The summed E-state index contributed by atoms with van der Waals surface area (Å²) in [6.07, 6.45) is 0. The molecule has 12 aromatic rings. The minimum Gasteiger partial charge on any atom is -0.0616 e. The topological polar surface area (TPSA) is 0 Å². The van der Waals surface area contributed by atoms with Gasteiger partial charge in [-0.05, 0) is 144 Å². The van der Waals surface area contributed by atoms with Crippen LogP contribution in [0.4, 0.5) is 0 Å². The second-order valence-electron chi connectivity index (χ2n) is 17.9. The summed E-state index contributed by atoms with van der Waals surface area (Å²) in [5.41, 5.74) is 15.4. The van der Waals surface area contributed by atoms with Gasteiger partial charge >= 0.3 is 0 Å². The molecule has 0 aromatic heterocycles. The fourth-order valence-electron chi connectivity index (χ4n) is 11.7. The van der Waals surface area contributed by atoms with Gasteiger partial charge in [-0.1, -0.05) is 220 Å². The minimum absolute atomic E-state index is 0.217. The summed E-state index contributed by atoms with van der Waals surface area (Å²) in [5, 5.41) is 15.4. The summed E-state index contributed by atoms with van der Waals surface area (Å²) in [4.78, 5) is 0. The molecular formula is C63H42. The molecule has 0 fully saturated rings. The lowest BCUT2D eigenvalue weighted by Gasteiger charge is -2.26. The zero-order valence-electron chi connectivity index (χ0n) is 35.3. The molecule has 0 atom stereocenters. The lowest BCUT2D eigenvalue weighted by atomic mass is 9.76. The van der Waals surface area contributed by atoms with Gasteiger partial charge in [0.25, 0.3) is 0 Å². The van der Waals surface area contributed by atoms with Crippen LogP contribution >= 0.6 is 0 Å². The van der Waals surface area contributed by atoms with Crippen LogP contribution < -0.4 is 0 Å². The van der Waals surface area contributed by atoms with Gasteiger partial charge in [-0.15, -0.1) is 0 Å². The summed E-state index contributed by atoms with van der Waals surface area (Å²) in [6, 6.07) is 81.6. The smallest absolute Gasteiger partial charge is 0.0171 e. The van der Waals surface area contributed by atoms with Gasteiger partial charge in [-0.25, -0.2) is 0 Å². The van der Waals surface area contributed by atoms with Gasteiger partial charge in [-0.2, -0.15) is 0 Å². The van der Waals surface area contributed by atoms with E-state index in [0.717, 1.165) is 0 Å². The van der Waals surface area contributed by atoms with E-state index in [0.29, 0.717) is 0 Å². The van der Waals surface area contributed by atoms with Crippen molar-refractivity contribution in [2.24, 2.45) is 0 Å². The lowest BCUT2D eigenvalue weighted by molar-refractivity contribution is 0.668. The maximum atomic E-state index is 2.45. The van der Waals surface area contributed by atoms with Crippen molar-refractivity contribution in [3.05, 3.63) is 230 Å². The maximum absolute atomic E-state index is 2.45. The molecule has 0 aliphatic heterocycles. The zero-order chi connectivity index (χ0) is 41.8. The largest absolute Gasteiger partial charge is 0.0616 e. The third-order valence-corrected chi connectivity index (χ3v) is 14.2. The highest BCUT2D eigenvalue weighted by molar-refractivity contribution is 6.24. The number of hydrogen-bond donors (Lipinski definition) is 0. The Hall–Kier alpha value is -7.80. The van der Waals surface area contributed by atoms with Gasteiger partial charge in [0.15, 0.2) is 0 Å². The van der Waals surface area contributed by atoms with Gasteiger partial charge < -0.3 is 0 Å². The first kappa shape index (κ1) is 35.9. The molecule has 0 unspecified atom stereocenters. The highest BCUT2D eigenvalue weighted by Gasteiger charge is 2.40. The predicted octanol–water partition coefficient (Wildman–Crippen LogP) is 17.6. The molecule has 1 aliphatic carbocycles. The molecule has 13 rings (SSSR count). The number of rotatable bonds is 4. The molecule has 0 saturated heterocycles. The molecule has 0 nitrogen and oxygen atoms in total. The van der Waals surface area contributed by atoms with E-state index >= 15 is 0 Å². The van der Waals surface area contributed by atoms with Crippen LogP contribution in [-0.4, -0.2) is 0 Å². The molecule has 0 radical (unpaired) electrons. The molecule has 1 aliphatic rings. The predicted molar refractivity (Wildman–Crippen MR) is 271 cm³/mol. The first-order valence-electron chi connectivity index (χ1n) is 22.2. The maximum Gasteiger partial charge on any atom is 0.0171 e. The Labute approximate surface area is 367 Å². The van der Waals surface area contributed by atoms with Crippen LogP contribution in [-0.2, 0) is 5.41 Å². The molecule has 12 aromatic carbocycles. The molecule has 0 N–H and O–H groups in total. The Balaban J connectivity index is 1.03. The van der Waals surface area contributed by atoms with Crippen LogP contribution in [0.1, 0.15) is 25.0 Å².